The Labute approximate surface area is 288 Å². The molecule has 1 saturated heterocycles. The number of hydrogen-bond acceptors (Lipinski definition) is 11. The lowest BCUT2D eigenvalue weighted by molar-refractivity contribution is -0.138. The van der Waals surface area contributed by atoms with Crippen molar-refractivity contribution in [1.82, 2.24) is 34.2 Å². The van der Waals surface area contributed by atoms with Gasteiger partial charge in [0, 0.05) is 61.9 Å². The molecule has 0 saturated carbocycles. The summed E-state index contributed by atoms with van der Waals surface area (Å²) in [6, 6.07) is 16.0. The zero-order valence-corrected chi connectivity index (χ0v) is 27.3. The van der Waals surface area contributed by atoms with Crippen LogP contribution in [0.5, 0.6) is 11.6 Å². The van der Waals surface area contributed by atoms with E-state index in [2.05, 4.69) is 30.9 Å². The molecule has 0 spiro atoms. The summed E-state index contributed by atoms with van der Waals surface area (Å²) in [4.78, 5) is 36.7. The molecule has 0 aliphatic carbocycles. The molecule has 264 valence electrons. The largest absolute Gasteiger partial charge is 0.439 e. The smallest absolute Gasteiger partial charge is 0.416 e. The topological polar surface area (TPSA) is 191 Å². The van der Waals surface area contributed by atoms with Crippen LogP contribution >= 0.6 is 0 Å². The van der Waals surface area contributed by atoms with Gasteiger partial charge in [-0.3, -0.25) is 9.69 Å². The van der Waals surface area contributed by atoms with E-state index in [1.807, 2.05) is 0 Å². The summed E-state index contributed by atoms with van der Waals surface area (Å²) in [6.07, 6.45) is -0.838. The third-order valence-corrected chi connectivity index (χ3v) is 9.31. The molecule has 3 amide bonds. The second-order valence-electron chi connectivity index (χ2n) is 11.2. The Balaban J connectivity index is 1.03. The zero-order chi connectivity index (χ0) is 36.2. The minimum Gasteiger partial charge on any atom is -0.439 e. The van der Waals surface area contributed by atoms with Gasteiger partial charge in [0.15, 0.2) is 0 Å². The van der Waals surface area contributed by atoms with Crippen molar-refractivity contribution >= 4 is 39.3 Å². The van der Waals surface area contributed by atoms with Gasteiger partial charge in [0.2, 0.25) is 11.8 Å². The highest BCUT2D eigenvalue weighted by Gasteiger charge is 2.34. The van der Waals surface area contributed by atoms with Crippen molar-refractivity contribution in [2.75, 3.05) is 42.5 Å². The SMILES string of the molecule is Nc1nccc(Oc2ccc(NC(=O)Nc3ccc(CN4CCN(C(=O)c5ccc(S(=O)(=O)n6ccnn6)cc5)CC4)c(C(F)(F)F)c3)cc2)n1. The average molecular weight is 723 g/mol. The van der Waals surface area contributed by atoms with Gasteiger partial charge in [-0.25, -0.2) is 9.78 Å². The predicted molar refractivity (Wildman–Crippen MR) is 177 cm³/mol. The quantitative estimate of drug-likeness (QED) is 0.197. The van der Waals surface area contributed by atoms with Gasteiger partial charge in [0.1, 0.15) is 5.75 Å². The summed E-state index contributed by atoms with van der Waals surface area (Å²) in [7, 11) is -3.95. The van der Waals surface area contributed by atoms with Crippen LogP contribution in [0.2, 0.25) is 0 Å². The van der Waals surface area contributed by atoms with E-state index >= 15 is 0 Å². The maximum Gasteiger partial charge on any atom is 0.416 e. The van der Waals surface area contributed by atoms with Crippen LogP contribution in [0.25, 0.3) is 0 Å². The molecule has 2 aromatic heterocycles. The highest BCUT2D eigenvalue weighted by molar-refractivity contribution is 7.89. The van der Waals surface area contributed by atoms with Crippen molar-refractivity contribution < 1.29 is 35.9 Å². The summed E-state index contributed by atoms with van der Waals surface area (Å²) in [5.41, 5.74) is 5.23. The van der Waals surface area contributed by atoms with Crippen molar-refractivity contribution in [3.05, 3.63) is 108 Å². The number of nitrogens with zero attached hydrogens (tertiary/aromatic N) is 7. The van der Waals surface area contributed by atoms with Crippen LogP contribution in [0.4, 0.5) is 35.3 Å². The number of carbonyl (C=O) groups excluding carboxylic acids is 2. The van der Waals surface area contributed by atoms with Crippen LogP contribution < -0.4 is 21.1 Å². The molecule has 1 aliphatic heterocycles. The molecule has 19 heteroatoms. The molecule has 0 radical (unpaired) electrons. The predicted octanol–water partition coefficient (Wildman–Crippen LogP) is 4.30. The van der Waals surface area contributed by atoms with E-state index in [9.17, 15) is 31.2 Å². The molecule has 15 nitrogen and oxygen atoms in total. The summed E-state index contributed by atoms with van der Waals surface area (Å²) in [6.45, 7) is 1.08. The van der Waals surface area contributed by atoms with Gasteiger partial charge < -0.3 is 26.0 Å². The Morgan fingerprint density at radius 1 is 0.882 bits per heavy atom. The van der Waals surface area contributed by atoms with Crippen LogP contribution in [0.15, 0.2) is 96.3 Å². The normalized spacial score (nSPS) is 13.8. The lowest BCUT2D eigenvalue weighted by Gasteiger charge is -2.35. The van der Waals surface area contributed by atoms with Gasteiger partial charge in [-0.1, -0.05) is 11.3 Å². The molecule has 1 aliphatic rings. The highest BCUT2D eigenvalue weighted by atomic mass is 32.2. The molecule has 6 rings (SSSR count). The number of urea groups is 1. The molecule has 3 aromatic carbocycles. The van der Waals surface area contributed by atoms with Crippen molar-refractivity contribution in [2.24, 2.45) is 0 Å². The lowest BCUT2D eigenvalue weighted by Crippen LogP contribution is -2.48. The Kier molecular flexibility index (Phi) is 9.83. The minimum atomic E-state index is -4.70. The number of amides is 3. The third-order valence-electron chi connectivity index (χ3n) is 7.76. The van der Waals surface area contributed by atoms with Crippen molar-refractivity contribution in [3.8, 4) is 11.6 Å². The number of piperazine rings is 1. The van der Waals surface area contributed by atoms with E-state index in [-0.39, 0.29) is 59.1 Å². The third kappa shape index (κ3) is 8.39. The number of nitrogens with one attached hydrogen (secondary N) is 2. The number of benzene rings is 3. The van der Waals surface area contributed by atoms with E-state index in [1.54, 1.807) is 34.1 Å². The molecule has 1 fully saturated rings. The summed E-state index contributed by atoms with van der Waals surface area (Å²) in [5.74, 6) is 0.340. The molecular formula is C32H29F3N10O5S. The van der Waals surface area contributed by atoms with Crippen molar-refractivity contribution in [3.63, 3.8) is 0 Å². The van der Waals surface area contributed by atoms with E-state index in [0.29, 0.717) is 28.6 Å². The maximum atomic E-state index is 14.1. The van der Waals surface area contributed by atoms with E-state index in [4.69, 9.17) is 10.5 Å². The highest BCUT2D eigenvalue weighted by Crippen LogP contribution is 2.35. The molecule has 0 atom stereocenters. The summed E-state index contributed by atoms with van der Waals surface area (Å²) in [5, 5.41) is 12.0. The first-order chi connectivity index (χ1) is 24.3. The van der Waals surface area contributed by atoms with E-state index in [1.165, 1.54) is 61.1 Å². The Bertz CT molecular complexity index is 2120. The number of aromatic nitrogens is 5. The number of halogens is 3. The molecule has 51 heavy (non-hydrogen) atoms. The van der Waals surface area contributed by atoms with Crippen LogP contribution in [0, 0.1) is 0 Å². The number of hydrogen-bond donors (Lipinski definition) is 3. The van der Waals surface area contributed by atoms with Crippen LogP contribution in [-0.4, -0.2) is 80.7 Å². The van der Waals surface area contributed by atoms with Gasteiger partial charge in [0.25, 0.3) is 15.9 Å². The monoisotopic (exact) mass is 722 g/mol. The molecular weight excluding hydrogens is 693 g/mol. The fourth-order valence-electron chi connectivity index (χ4n) is 5.23. The zero-order valence-electron chi connectivity index (χ0n) is 26.5. The van der Waals surface area contributed by atoms with Crippen LogP contribution in [0.3, 0.4) is 0 Å². The Morgan fingerprint density at radius 2 is 1.57 bits per heavy atom. The van der Waals surface area contributed by atoms with Gasteiger partial charge in [0.05, 0.1) is 22.9 Å². The summed E-state index contributed by atoms with van der Waals surface area (Å²) < 4.78 is 73.9. The number of ether oxygens (including phenoxy) is 1. The lowest BCUT2D eigenvalue weighted by atomic mass is 10.0. The van der Waals surface area contributed by atoms with Crippen molar-refractivity contribution in [2.45, 2.75) is 17.6 Å². The van der Waals surface area contributed by atoms with Crippen LogP contribution in [-0.2, 0) is 22.7 Å². The van der Waals surface area contributed by atoms with E-state index in [0.717, 1.165) is 6.07 Å². The molecule has 0 unspecified atom stereocenters. The number of alkyl halides is 3. The second kappa shape index (κ2) is 14.4. The van der Waals surface area contributed by atoms with Gasteiger partial charge >= 0.3 is 12.2 Å². The Hall–Kier alpha value is -6.08. The first-order valence-corrected chi connectivity index (χ1v) is 16.7. The van der Waals surface area contributed by atoms with E-state index < -0.39 is 27.8 Å². The second-order valence-corrected chi connectivity index (χ2v) is 13.0. The number of nitrogen functional groups attached to an aromatic ring is 1. The first-order valence-electron chi connectivity index (χ1n) is 15.2. The van der Waals surface area contributed by atoms with Crippen LogP contribution in [0.1, 0.15) is 21.5 Å². The minimum absolute atomic E-state index is 0.0125. The van der Waals surface area contributed by atoms with Gasteiger partial charge in [-0.15, -0.1) is 9.19 Å². The maximum absolute atomic E-state index is 14.1. The average Bonchev–Trinajstić information content (AvgIpc) is 3.66. The number of rotatable bonds is 9. The molecule has 4 N–H and O–H groups in total. The molecule has 3 heterocycles. The fraction of sp³-hybridized carbons (Fsp3) is 0.188. The fourth-order valence-corrected chi connectivity index (χ4v) is 6.27. The molecule has 0 bridgehead atoms. The Morgan fingerprint density at radius 3 is 2.22 bits per heavy atom. The standard InChI is InChI=1S/C32H29F3N10O5S/c33-32(34,35)27-19-24(40-31(47)39-23-5-7-25(8-6-23)50-28-11-12-37-30(36)41-28)4-1-22(27)20-43-15-17-44(18-16-43)29(46)21-2-9-26(10-3-21)51(48,49)45-14-13-38-42-45/h1-14,19H,15-18,20H2,(H2,36,37,41)(H2,39,40,47). The first kappa shape index (κ1) is 34.8. The number of carbonyl (C=O) groups is 2. The summed E-state index contributed by atoms with van der Waals surface area (Å²) >= 11 is 0. The number of nitrogens with two attached hydrogens (primary N) is 1. The molecule has 5 aromatic rings. The van der Waals surface area contributed by atoms with Gasteiger partial charge in [-0.05, 0) is 66.2 Å². The van der Waals surface area contributed by atoms with Crippen molar-refractivity contribution in [1.29, 1.82) is 0 Å². The number of anilines is 3. The van der Waals surface area contributed by atoms with Gasteiger partial charge in [-0.2, -0.15) is 26.6 Å².